The van der Waals surface area contributed by atoms with E-state index in [2.05, 4.69) is 254 Å². The predicted molar refractivity (Wildman–Crippen MR) is 268 cm³/mol. The molecule has 10 aromatic carbocycles. The number of para-hydroxylation sites is 2. The summed E-state index contributed by atoms with van der Waals surface area (Å²) in [7, 11) is 0. The molecule has 2 unspecified atom stereocenters. The molecular formula is C62H47N. The van der Waals surface area contributed by atoms with E-state index < -0.39 is 0 Å². The highest BCUT2D eigenvalue weighted by Crippen LogP contribution is 2.42. The van der Waals surface area contributed by atoms with E-state index in [4.69, 9.17) is 0 Å². The van der Waals surface area contributed by atoms with Gasteiger partial charge in [-0.2, -0.15) is 0 Å². The number of rotatable bonds is 10. The fourth-order valence-corrected chi connectivity index (χ4v) is 9.86. The van der Waals surface area contributed by atoms with Crippen LogP contribution in [-0.4, -0.2) is 4.57 Å². The van der Waals surface area contributed by atoms with Crippen molar-refractivity contribution in [2.24, 2.45) is 0 Å². The Morgan fingerprint density at radius 2 is 0.683 bits per heavy atom. The van der Waals surface area contributed by atoms with E-state index in [9.17, 15) is 0 Å². The Morgan fingerprint density at radius 3 is 1.16 bits per heavy atom. The first-order chi connectivity index (χ1) is 31.2. The molecule has 0 amide bonds. The number of hydrogen-bond acceptors (Lipinski definition) is 0. The molecule has 11 aromatic rings. The quantitative estimate of drug-likeness (QED) is 0.130. The molecule has 1 heterocycles. The van der Waals surface area contributed by atoms with Gasteiger partial charge in [0.15, 0.2) is 0 Å². The van der Waals surface area contributed by atoms with Crippen LogP contribution in [0.3, 0.4) is 0 Å². The predicted octanol–water partition coefficient (Wildman–Crippen LogP) is 16.7. The van der Waals surface area contributed by atoms with Gasteiger partial charge in [-0.1, -0.05) is 231 Å². The number of aromatic nitrogens is 1. The minimum Gasteiger partial charge on any atom is -0.309 e. The normalized spacial score (nSPS) is 12.5. The molecule has 63 heavy (non-hydrogen) atoms. The molecule has 0 aliphatic carbocycles. The molecule has 0 spiro atoms. The highest BCUT2D eigenvalue weighted by molar-refractivity contribution is 6.10. The lowest BCUT2D eigenvalue weighted by Gasteiger charge is -2.27. The topological polar surface area (TPSA) is 4.93 Å². The molecule has 0 N–H and O–H groups in total. The molecule has 11 rings (SSSR count). The lowest BCUT2D eigenvalue weighted by Crippen LogP contribution is -2.13. The smallest absolute Gasteiger partial charge is 0.0541 e. The number of fused-ring (bicyclic) bond motifs is 4. The minimum absolute atomic E-state index is 0.225. The van der Waals surface area contributed by atoms with E-state index in [0.29, 0.717) is 0 Å². The number of nitrogens with zero attached hydrogens (tertiary/aromatic N) is 1. The summed E-state index contributed by atoms with van der Waals surface area (Å²) in [5, 5.41) is 5.13. The van der Waals surface area contributed by atoms with E-state index in [0.717, 1.165) is 6.42 Å². The zero-order valence-corrected chi connectivity index (χ0v) is 35.4. The van der Waals surface area contributed by atoms with Gasteiger partial charge in [-0.25, -0.2) is 0 Å². The van der Waals surface area contributed by atoms with Gasteiger partial charge in [-0.3, -0.25) is 0 Å². The fraction of sp³-hybridized carbons (Fsp3) is 0.0645. The zero-order chi connectivity index (χ0) is 42.1. The Bertz CT molecular complexity index is 3270. The van der Waals surface area contributed by atoms with Gasteiger partial charge in [0.05, 0.1) is 16.7 Å². The van der Waals surface area contributed by atoms with Gasteiger partial charge in [0.25, 0.3) is 0 Å². The molecule has 0 aliphatic rings. The molecule has 0 aliphatic heterocycles. The van der Waals surface area contributed by atoms with Crippen LogP contribution >= 0.6 is 0 Å². The van der Waals surface area contributed by atoms with Gasteiger partial charge < -0.3 is 4.57 Å². The van der Waals surface area contributed by atoms with E-state index in [1.54, 1.807) is 0 Å². The molecular weight excluding hydrogens is 759 g/mol. The molecule has 0 saturated carbocycles. The molecule has 1 heteroatoms. The van der Waals surface area contributed by atoms with Crippen molar-refractivity contribution in [3.8, 4) is 50.2 Å². The summed E-state index contributed by atoms with van der Waals surface area (Å²) >= 11 is 0. The van der Waals surface area contributed by atoms with Gasteiger partial charge in [-0.05, 0) is 103 Å². The van der Waals surface area contributed by atoms with Crippen molar-refractivity contribution >= 4 is 32.6 Å². The molecule has 1 aromatic heterocycles. The van der Waals surface area contributed by atoms with E-state index in [-0.39, 0.29) is 11.8 Å². The van der Waals surface area contributed by atoms with Crippen LogP contribution in [0.25, 0.3) is 82.8 Å². The van der Waals surface area contributed by atoms with E-state index in [1.165, 1.54) is 99.5 Å². The van der Waals surface area contributed by atoms with Gasteiger partial charge in [-0.15, -0.1) is 0 Å². The van der Waals surface area contributed by atoms with Crippen molar-refractivity contribution in [1.82, 2.24) is 4.57 Å². The first-order valence-corrected chi connectivity index (χ1v) is 22.2. The highest BCUT2D eigenvalue weighted by Gasteiger charge is 2.25. The average Bonchev–Trinajstić information content (AvgIpc) is 3.70. The summed E-state index contributed by atoms with van der Waals surface area (Å²) in [5.41, 5.74) is 17.6. The standard InChI is InChI=1S/C62H47N/c1-43(54-40-41-62(56-19-9-8-18-55(54)56)63-60-22-12-10-20-57(60)58-21-11-13-23-61(58)63)59(53-38-36-52(37-39-53)51-34-30-49(31-35-51)46-16-6-3-7-17-46)42-44-24-26-47(27-25-44)50-32-28-48(29-33-50)45-14-4-2-5-15-45/h2-41,43,59H,42H2,1H3. The first-order valence-electron chi connectivity index (χ1n) is 22.2. The van der Waals surface area contributed by atoms with Gasteiger partial charge in [0.1, 0.15) is 0 Å². The van der Waals surface area contributed by atoms with Gasteiger partial charge >= 0.3 is 0 Å². The SMILES string of the molecule is CC(c1ccc(-n2c3ccccc3c3ccccc32)c2ccccc12)C(Cc1ccc(-c2ccc(-c3ccccc3)cc2)cc1)c1ccc(-c2ccc(-c3ccccc3)cc2)cc1. The summed E-state index contributed by atoms with van der Waals surface area (Å²) in [6.07, 6.45) is 0.919. The van der Waals surface area contributed by atoms with Crippen LogP contribution in [0.4, 0.5) is 0 Å². The molecule has 2 atom stereocenters. The van der Waals surface area contributed by atoms with Crippen LogP contribution < -0.4 is 0 Å². The lowest BCUT2D eigenvalue weighted by atomic mass is 9.77. The largest absolute Gasteiger partial charge is 0.309 e. The maximum atomic E-state index is 2.46. The number of hydrogen-bond donors (Lipinski definition) is 0. The van der Waals surface area contributed by atoms with Crippen LogP contribution in [0.15, 0.2) is 243 Å². The van der Waals surface area contributed by atoms with Crippen LogP contribution in [0, 0.1) is 0 Å². The average molecular weight is 806 g/mol. The molecule has 1 nitrogen and oxygen atoms in total. The molecule has 0 bridgehead atoms. The van der Waals surface area contributed by atoms with Crippen molar-refractivity contribution in [1.29, 1.82) is 0 Å². The van der Waals surface area contributed by atoms with Gasteiger partial charge in [0, 0.05) is 16.2 Å². The van der Waals surface area contributed by atoms with Crippen molar-refractivity contribution in [3.05, 3.63) is 259 Å². The van der Waals surface area contributed by atoms with Crippen molar-refractivity contribution in [3.63, 3.8) is 0 Å². The second-order valence-electron chi connectivity index (χ2n) is 16.9. The minimum atomic E-state index is 0.225. The Hall–Kier alpha value is -7.74. The Morgan fingerprint density at radius 1 is 0.317 bits per heavy atom. The summed E-state index contributed by atoms with van der Waals surface area (Å²) < 4.78 is 2.46. The molecule has 0 fully saturated rings. The van der Waals surface area contributed by atoms with Crippen molar-refractivity contribution < 1.29 is 0 Å². The summed E-state index contributed by atoms with van der Waals surface area (Å²) in [6, 6.07) is 89.2. The van der Waals surface area contributed by atoms with Crippen LogP contribution in [0.5, 0.6) is 0 Å². The first kappa shape index (κ1) is 38.2. The van der Waals surface area contributed by atoms with Gasteiger partial charge in [0.2, 0.25) is 0 Å². The molecule has 0 saturated heterocycles. The highest BCUT2D eigenvalue weighted by atomic mass is 15.0. The third-order valence-corrected chi connectivity index (χ3v) is 13.2. The second kappa shape index (κ2) is 16.6. The molecule has 300 valence electrons. The second-order valence-corrected chi connectivity index (χ2v) is 16.9. The third kappa shape index (κ3) is 7.32. The zero-order valence-electron chi connectivity index (χ0n) is 35.4. The Kier molecular flexibility index (Phi) is 10.1. The van der Waals surface area contributed by atoms with Crippen molar-refractivity contribution in [2.75, 3.05) is 0 Å². The van der Waals surface area contributed by atoms with Crippen molar-refractivity contribution in [2.45, 2.75) is 25.2 Å². The maximum absolute atomic E-state index is 2.46. The van der Waals surface area contributed by atoms with Crippen LogP contribution in [0.1, 0.15) is 35.4 Å². The third-order valence-electron chi connectivity index (χ3n) is 13.2. The van der Waals surface area contributed by atoms with Crippen LogP contribution in [0.2, 0.25) is 0 Å². The number of benzene rings is 10. The fourth-order valence-electron chi connectivity index (χ4n) is 9.86. The Balaban J connectivity index is 0.956. The molecule has 0 radical (unpaired) electrons. The monoisotopic (exact) mass is 805 g/mol. The summed E-state index contributed by atoms with van der Waals surface area (Å²) in [6.45, 7) is 2.44. The van der Waals surface area contributed by atoms with E-state index >= 15 is 0 Å². The van der Waals surface area contributed by atoms with Crippen LogP contribution in [-0.2, 0) is 6.42 Å². The summed E-state index contributed by atoms with van der Waals surface area (Å²) in [5.74, 6) is 0.460. The summed E-state index contributed by atoms with van der Waals surface area (Å²) in [4.78, 5) is 0. The Labute approximate surface area is 370 Å². The lowest BCUT2D eigenvalue weighted by molar-refractivity contribution is 0.575. The maximum Gasteiger partial charge on any atom is 0.0541 e. The van der Waals surface area contributed by atoms with E-state index in [1.807, 2.05) is 0 Å².